The molecule has 0 heterocycles. The van der Waals surface area contributed by atoms with E-state index in [0.717, 1.165) is 5.56 Å². The van der Waals surface area contributed by atoms with E-state index in [9.17, 15) is 39.3 Å². The quantitative estimate of drug-likeness (QED) is 0.141. The molecule has 2 aromatic carbocycles. The van der Waals surface area contributed by atoms with E-state index < -0.39 is 66.9 Å². The van der Waals surface area contributed by atoms with Gasteiger partial charge in [-0.05, 0) is 29.7 Å². The SMILES string of the molecule is NC(Cc1ccccc1)C(=O)NC(CO)C(=O)NC(Cc1ccc(O)cc1)C(=O)NC(CC(=O)O)C(=O)O. The van der Waals surface area contributed by atoms with Crippen LogP contribution in [0.5, 0.6) is 5.75 Å². The highest BCUT2D eigenvalue weighted by Gasteiger charge is 2.31. The van der Waals surface area contributed by atoms with E-state index in [2.05, 4.69) is 16.0 Å². The van der Waals surface area contributed by atoms with Gasteiger partial charge in [-0.3, -0.25) is 19.2 Å². The van der Waals surface area contributed by atoms with Crippen LogP contribution in [0.4, 0.5) is 0 Å². The van der Waals surface area contributed by atoms with Crippen molar-refractivity contribution in [3.63, 3.8) is 0 Å². The average molecular weight is 531 g/mol. The highest BCUT2D eigenvalue weighted by atomic mass is 16.4. The molecular weight excluding hydrogens is 500 g/mol. The van der Waals surface area contributed by atoms with Gasteiger partial charge in [-0.25, -0.2) is 4.79 Å². The number of nitrogens with two attached hydrogens (primary N) is 1. The summed E-state index contributed by atoms with van der Waals surface area (Å²) >= 11 is 0. The van der Waals surface area contributed by atoms with Crippen molar-refractivity contribution in [1.29, 1.82) is 0 Å². The Labute approximate surface area is 217 Å². The number of amides is 3. The Kier molecular flexibility index (Phi) is 11.2. The van der Waals surface area contributed by atoms with Crippen molar-refractivity contribution >= 4 is 29.7 Å². The maximum atomic E-state index is 12.9. The number of rotatable bonds is 14. The number of aliphatic hydroxyl groups excluding tert-OH is 1. The lowest BCUT2D eigenvalue weighted by atomic mass is 10.0. The molecule has 204 valence electrons. The molecule has 0 aromatic heterocycles. The molecule has 4 atom stereocenters. The number of carbonyl (C=O) groups is 5. The molecule has 9 N–H and O–H groups in total. The second-order valence-corrected chi connectivity index (χ2v) is 8.47. The largest absolute Gasteiger partial charge is 0.508 e. The number of aliphatic hydroxyl groups is 1. The van der Waals surface area contributed by atoms with Crippen LogP contribution < -0.4 is 21.7 Å². The number of carboxylic acids is 2. The lowest BCUT2D eigenvalue weighted by Crippen LogP contribution is -2.58. The summed E-state index contributed by atoms with van der Waals surface area (Å²) in [5, 5.41) is 44.1. The molecule has 0 spiro atoms. The minimum Gasteiger partial charge on any atom is -0.508 e. The number of carboxylic acid groups (broad SMARTS) is 2. The first-order valence-electron chi connectivity index (χ1n) is 11.5. The van der Waals surface area contributed by atoms with Crippen molar-refractivity contribution in [3.05, 3.63) is 65.7 Å². The molecular formula is C25H30N4O9. The Morgan fingerprint density at radius 1 is 0.711 bits per heavy atom. The van der Waals surface area contributed by atoms with E-state index in [1.54, 1.807) is 30.3 Å². The summed E-state index contributed by atoms with van der Waals surface area (Å²) in [6.45, 7) is -0.833. The number of aliphatic carboxylic acids is 2. The first kappa shape index (κ1) is 29.7. The van der Waals surface area contributed by atoms with E-state index in [4.69, 9.17) is 10.8 Å². The maximum Gasteiger partial charge on any atom is 0.326 e. The van der Waals surface area contributed by atoms with Crippen LogP contribution in [0.15, 0.2) is 54.6 Å². The van der Waals surface area contributed by atoms with Gasteiger partial charge < -0.3 is 42.1 Å². The number of hydrogen-bond donors (Lipinski definition) is 8. The lowest BCUT2D eigenvalue weighted by Gasteiger charge is -2.24. The molecule has 0 bridgehead atoms. The van der Waals surface area contributed by atoms with Crippen LogP contribution in [0.1, 0.15) is 17.5 Å². The monoisotopic (exact) mass is 530 g/mol. The van der Waals surface area contributed by atoms with E-state index in [1.165, 1.54) is 24.3 Å². The summed E-state index contributed by atoms with van der Waals surface area (Å²) in [6, 6.07) is 8.74. The van der Waals surface area contributed by atoms with Gasteiger partial charge in [0.1, 0.15) is 23.9 Å². The van der Waals surface area contributed by atoms with Gasteiger partial charge in [-0.1, -0.05) is 42.5 Å². The molecule has 2 aromatic rings. The Balaban J connectivity index is 2.15. The molecule has 4 unspecified atom stereocenters. The number of carbonyl (C=O) groups excluding carboxylic acids is 3. The van der Waals surface area contributed by atoms with Gasteiger partial charge in [0.2, 0.25) is 17.7 Å². The van der Waals surface area contributed by atoms with E-state index in [-0.39, 0.29) is 18.6 Å². The number of hydrogen-bond acceptors (Lipinski definition) is 8. The summed E-state index contributed by atoms with van der Waals surface area (Å²) in [5.41, 5.74) is 7.16. The number of aromatic hydroxyl groups is 1. The standard InChI is InChI=1S/C25H30N4O9/c26-17(10-14-4-2-1-3-5-14)22(34)29-20(13-30)24(36)27-18(11-15-6-8-16(31)9-7-15)23(35)28-19(25(37)38)12-21(32)33/h1-9,17-20,30-31H,10-13,26H2,(H,27,36)(H,28,35)(H,29,34)(H,32,33)(H,37,38). The molecule has 0 saturated heterocycles. The van der Waals surface area contributed by atoms with Crippen molar-refractivity contribution in [2.24, 2.45) is 5.73 Å². The molecule has 0 aliphatic heterocycles. The summed E-state index contributed by atoms with van der Waals surface area (Å²) in [6.07, 6.45) is -0.926. The minimum atomic E-state index is -1.77. The fourth-order valence-electron chi connectivity index (χ4n) is 3.43. The van der Waals surface area contributed by atoms with Crippen molar-refractivity contribution < 1.29 is 44.4 Å². The molecule has 0 aliphatic carbocycles. The molecule has 13 nitrogen and oxygen atoms in total. The third-order valence-electron chi connectivity index (χ3n) is 5.45. The Morgan fingerprint density at radius 2 is 1.24 bits per heavy atom. The molecule has 0 saturated carbocycles. The van der Waals surface area contributed by atoms with Crippen LogP contribution in [0.3, 0.4) is 0 Å². The fraction of sp³-hybridized carbons (Fsp3) is 0.320. The van der Waals surface area contributed by atoms with Crippen LogP contribution in [-0.2, 0) is 36.8 Å². The van der Waals surface area contributed by atoms with E-state index >= 15 is 0 Å². The zero-order chi connectivity index (χ0) is 28.2. The second-order valence-electron chi connectivity index (χ2n) is 8.47. The average Bonchev–Trinajstić information content (AvgIpc) is 2.87. The van der Waals surface area contributed by atoms with Gasteiger partial charge in [-0.2, -0.15) is 0 Å². The Hall–Kier alpha value is -4.49. The number of phenolic OH excluding ortho intramolecular Hbond substituents is 1. The van der Waals surface area contributed by atoms with Gasteiger partial charge >= 0.3 is 11.9 Å². The summed E-state index contributed by atoms with van der Waals surface area (Å²) in [4.78, 5) is 60.7. The van der Waals surface area contributed by atoms with Crippen LogP contribution in [0.2, 0.25) is 0 Å². The van der Waals surface area contributed by atoms with Crippen LogP contribution >= 0.6 is 0 Å². The Bertz CT molecular complexity index is 1130. The van der Waals surface area contributed by atoms with Crippen molar-refractivity contribution in [3.8, 4) is 5.75 Å². The van der Waals surface area contributed by atoms with Gasteiger partial charge in [0.05, 0.1) is 19.1 Å². The number of benzene rings is 2. The van der Waals surface area contributed by atoms with Gasteiger partial charge in [0.25, 0.3) is 0 Å². The lowest BCUT2D eigenvalue weighted by molar-refractivity contribution is -0.147. The molecule has 0 fully saturated rings. The molecule has 3 amide bonds. The predicted molar refractivity (Wildman–Crippen MR) is 133 cm³/mol. The predicted octanol–water partition coefficient (Wildman–Crippen LogP) is -1.49. The topological polar surface area (TPSA) is 228 Å². The summed E-state index contributed by atoms with van der Waals surface area (Å²) in [7, 11) is 0. The van der Waals surface area contributed by atoms with Crippen LogP contribution in [-0.4, -0.2) is 80.9 Å². The normalized spacial score (nSPS) is 13.8. The van der Waals surface area contributed by atoms with Crippen LogP contribution in [0, 0.1) is 0 Å². The van der Waals surface area contributed by atoms with Gasteiger partial charge in [-0.15, -0.1) is 0 Å². The second kappa shape index (κ2) is 14.3. The summed E-state index contributed by atoms with van der Waals surface area (Å²) in [5.74, 6) is -5.81. The number of phenols is 1. The Morgan fingerprint density at radius 3 is 1.79 bits per heavy atom. The smallest absolute Gasteiger partial charge is 0.326 e. The van der Waals surface area contributed by atoms with Crippen molar-refractivity contribution in [1.82, 2.24) is 16.0 Å². The van der Waals surface area contributed by atoms with Gasteiger partial charge in [0, 0.05) is 6.42 Å². The fourth-order valence-corrected chi connectivity index (χ4v) is 3.43. The number of nitrogens with one attached hydrogen (secondary N) is 3. The van der Waals surface area contributed by atoms with Crippen molar-refractivity contribution in [2.45, 2.75) is 43.4 Å². The van der Waals surface area contributed by atoms with Gasteiger partial charge in [0.15, 0.2) is 0 Å². The van der Waals surface area contributed by atoms with E-state index in [0.29, 0.717) is 5.56 Å². The third kappa shape index (κ3) is 9.52. The molecule has 38 heavy (non-hydrogen) atoms. The first-order valence-corrected chi connectivity index (χ1v) is 11.5. The summed E-state index contributed by atoms with van der Waals surface area (Å²) < 4.78 is 0. The van der Waals surface area contributed by atoms with Crippen molar-refractivity contribution in [2.75, 3.05) is 6.61 Å². The highest BCUT2D eigenvalue weighted by Crippen LogP contribution is 2.12. The van der Waals surface area contributed by atoms with E-state index in [1.807, 2.05) is 0 Å². The molecule has 0 aliphatic rings. The molecule has 2 rings (SSSR count). The zero-order valence-corrected chi connectivity index (χ0v) is 20.2. The zero-order valence-electron chi connectivity index (χ0n) is 20.2. The minimum absolute atomic E-state index is 0.0546. The first-order chi connectivity index (χ1) is 18.0. The molecule has 0 radical (unpaired) electrons. The van der Waals surface area contributed by atoms with Crippen LogP contribution in [0.25, 0.3) is 0 Å². The third-order valence-corrected chi connectivity index (χ3v) is 5.45. The molecule has 13 heteroatoms. The maximum absolute atomic E-state index is 12.9. The highest BCUT2D eigenvalue weighted by molar-refractivity contribution is 5.94.